The third-order valence-corrected chi connectivity index (χ3v) is 3.89. The second kappa shape index (κ2) is 6.95. The molecule has 3 N–H and O–H groups in total. The van der Waals surface area contributed by atoms with Crippen LogP contribution in [0.1, 0.15) is 5.56 Å². The molecule has 6 nitrogen and oxygen atoms in total. The second-order valence-corrected chi connectivity index (χ2v) is 5.58. The number of aromatic nitrogens is 2. The summed E-state index contributed by atoms with van der Waals surface area (Å²) < 4.78 is 0. The maximum Gasteiger partial charge on any atom is 0.268 e. The Morgan fingerprint density at radius 1 is 1.27 bits per heavy atom. The number of anilines is 1. The van der Waals surface area contributed by atoms with E-state index >= 15 is 0 Å². The van der Waals surface area contributed by atoms with Gasteiger partial charge in [-0.25, -0.2) is 9.97 Å². The molecule has 22 heavy (non-hydrogen) atoms. The smallest absolute Gasteiger partial charge is 0.268 e. The first-order valence-corrected chi connectivity index (χ1v) is 7.72. The molecule has 0 saturated carbocycles. The molecule has 112 valence electrons. The fourth-order valence-corrected chi connectivity index (χ4v) is 2.75. The Kier molecular flexibility index (Phi) is 4.55. The molecule has 7 heteroatoms. The Morgan fingerprint density at radius 2 is 2.14 bits per heavy atom. The van der Waals surface area contributed by atoms with Crippen molar-refractivity contribution in [2.24, 2.45) is 0 Å². The van der Waals surface area contributed by atoms with Crippen LogP contribution in [0.25, 0.3) is 0 Å². The van der Waals surface area contributed by atoms with Crippen LogP contribution in [0.15, 0.2) is 60.0 Å². The van der Waals surface area contributed by atoms with Crippen LogP contribution in [-0.4, -0.2) is 21.4 Å². The monoisotopic (exact) mass is 313 g/mol. The largest absolute Gasteiger partial charge is 0.352 e. The standard InChI is InChI=1S/C15H15N5OS/c21-14(17-8-11-4-2-1-3-5-11)12-9-22-15(19-12)20-13-6-7-16-10-18-13/h1-7,9-10,15,19H,8H2,(H,17,21)(H,16,18,20). The molecular weight excluding hydrogens is 298 g/mol. The Hall–Kier alpha value is -2.54. The first-order valence-electron chi connectivity index (χ1n) is 6.78. The predicted molar refractivity (Wildman–Crippen MR) is 86.5 cm³/mol. The molecule has 1 aromatic heterocycles. The maximum atomic E-state index is 12.1. The van der Waals surface area contributed by atoms with E-state index in [1.54, 1.807) is 17.7 Å². The summed E-state index contributed by atoms with van der Waals surface area (Å²) in [7, 11) is 0. The minimum Gasteiger partial charge on any atom is -0.352 e. The van der Waals surface area contributed by atoms with Crippen molar-refractivity contribution in [3.63, 3.8) is 0 Å². The minimum absolute atomic E-state index is 0.118. The summed E-state index contributed by atoms with van der Waals surface area (Å²) in [4.78, 5) is 20.1. The molecule has 1 aliphatic heterocycles. The lowest BCUT2D eigenvalue weighted by molar-refractivity contribution is -0.118. The third-order valence-electron chi connectivity index (χ3n) is 3.01. The van der Waals surface area contributed by atoms with Crippen LogP contribution in [-0.2, 0) is 11.3 Å². The minimum atomic E-state index is -0.122. The Morgan fingerprint density at radius 3 is 2.91 bits per heavy atom. The zero-order valence-corrected chi connectivity index (χ0v) is 12.5. The van der Waals surface area contributed by atoms with Crippen molar-refractivity contribution >= 4 is 23.5 Å². The van der Waals surface area contributed by atoms with Crippen molar-refractivity contribution in [1.82, 2.24) is 20.6 Å². The maximum absolute atomic E-state index is 12.1. The fourth-order valence-electron chi connectivity index (χ4n) is 1.92. The van der Waals surface area contributed by atoms with E-state index in [1.807, 2.05) is 30.3 Å². The molecule has 0 fully saturated rings. The van der Waals surface area contributed by atoms with E-state index < -0.39 is 0 Å². The Balaban J connectivity index is 1.48. The number of benzene rings is 1. The summed E-state index contributed by atoms with van der Waals surface area (Å²) in [5.41, 5.74) is 1.50. The SMILES string of the molecule is O=C(NCc1ccccc1)C1=CSC(Nc2ccncn2)N1. The van der Waals surface area contributed by atoms with E-state index in [9.17, 15) is 4.79 Å². The zero-order valence-electron chi connectivity index (χ0n) is 11.7. The van der Waals surface area contributed by atoms with E-state index in [0.717, 1.165) is 5.56 Å². The lowest BCUT2D eigenvalue weighted by atomic mass is 10.2. The van der Waals surface area contributed by atoms with Crippen LogP contribution < -0.4 is 16.0 Å². The van der Waals surface area contributed by atoms with Gasteiger partial charge in [-0.15, -0.1) is 0 Å². The number of carbonyl (C=O) groups is 1. The number of nitrogens with one attached hydrogen (secondary N) is 3. The zero-order chi connectivity index (χ0) is 15.2. The molecule has 1 amide bonds. The summed E-state index contributed by atoms with van der Waals surface area (Å²) in [5, 5.41) is 11.0. The van der Waals surface area contributed by atoms with Gasteiger partial charge in [0.05, 0.1) is 0 Å². The number of hydrogen-bond donors (Lipinski definition) is 3. The quantitative estimate of drug-likeness (QED) is 0.779. The number of carbonyl (C=O) groups excluding carboxylic acids is 1. The van der Waals surface area contributed by atoms with Gasteiger partial charge in [-0.3, -0.25) is 4.79 Å². The third kappa shape index (κ3) is 3.76. The van der Waals surface area contributed by atoms with Crippen molar-refractivity contribution < 1.29 is 4.79 Å². The number of nitrogens with zero attached hydrogens (tertiary/aromatic N) is 2. The summed E-state index contributed by atoms with van der Waals surface area (Å²) in [5.74, 6) is 0.586. The number of hydrogen-bond acceptors (Lipinski definition) is 6. The molecule has 0 saturated heterocycles. The highest BCUT2D eigenvalue weighted by Crippen LogP contribution is 2.21. The van der Waals surface area contributed by atoms with E-state index in [0.29, 0.717) is 18.1 Å². The molecule has 0 spiro atoms. The lowest BCUT2D eigenvalue weighted by Crippen LogP contribution is -2.35. The second-order valence-electron chi connectivity index (χ2n) is 4.60. The van der Waals surface area contributed by atoms with Crippen molar-refractivity contribution in [3.05, 3.63) is 65.6 Å². The Labute approximate surface area is 132 Å². The van der Waals surface area contributed by atoms with Gasteiger partial charge in [0.2, 0.25) is 0 Å². The highest BCUT2D eigenvalue weighted by Gasteiger charge is 2.21. The predicted octanol–water partition coefficient (Wildman–Crippen LogP) is 1.67. The average Bonchev–Trinajstić information content (AvgIpc) is 3.03. The van der Waals surface area contributed by atoms with Gasteiger partial charge in [-0.05, 0) is 11.6 Å². The van der Waals surface area contributed by atoms with Crippen LogP contribution in [0.4, 0.5) is 5.82 Å². The molecule has 0 aliphatic carbocycles. The normalized spacial score (nSPS) is 16.5. The highest BCUT2D eigenvalue weighted by atomic mass is 32.2. The molecule has 2 heterocycles. The van der Waals surface area contributed by atoms with Crippen LogP contribution in [0.5, 0.6) is 0 Å². The van der Waals surface area contributed by atoms with Crippen molar-refractivity contribution in [2.75, 3.05) is 5.32 Å². The van der Waals surface area contributed by atoms with Crippen LogP contribution >= 0.6 is 11.8 Å². The van der Waals surface area contributed by atoms with Gasteiger partial charge in [0.1, 0.15) is 17.8 Å². The molecule has 1 aliphatic rings. The molecule has 1 atom stereocenters. The Bertz CT molecular complexity index is 662. The first-order chi connectivity index (χ1) is 10.8. The highest BCUT2D eigenvalue weighted by molar-refractivity contribution is 8.03. The molecule has 1 unspecified atom stereocenters. The van der Waals surface area contributed by atoms with Crippen LogP contribution in [0.2, 0.25) is 0 Å². The molecule has 0 bridgehead atoms. The van der Waals surface area contributed by atoms with Crippen molar-refractivity contribution in [1.29, 1.82) is 0 Å². The molecule has 2 aromatic rings. The van der Waals surface area contributed by atoms with E-state index in [4.69, 9.17) is 0 Å². The molecule has 3 rings (SSSR count). The summed E-state index contributed by atoms with van der Waals surface area (Å²) in [6.45, 7) is 0.507. The lowest BCUT2D eigenvalue weighted by Gasteiger charge is -2.14. The average molecular weight is 313 g/mol. The van der Waals surface area contributed by atoms with Crippen molar-refractivity contribution in [2.45, 2.75) is 12.0 Å². The molecular formula is C15H15N5OS. The topological polar surface area (TPSA) is 78.9 Å². The number of thioether (sulfide) groups is 1. The van der Waals surface area contributed by atoms with Crippen LogP contribution in [0, 0.1) is 0 Å². The van der Waals surface area contributed by atoms with E-state index in [2.05, 4.69) is 25.9 Å². The fraction of sp³-hybridized carbons (Fsp3) is 0.133. The van der Waals surface area contributed by atoms with Gasteiger partial charge in [0, 0.05) is 18.1 Å². The van der Waals surface area contributed by atoms with Gasteiger partial charge in [0.15, 0.2) is 5.50 Å². The summed E-state index contributed by atoms with van der Waals surface area (Å²) in [6, 6.07) is 11.6. The first kappa shape index (κ1) is 14.4. The number of amides is 1. The van der Waals surface area contributed by atoms with E-state index in [-0.39, 0.29) is 11.4 Å². The van der Waals surface area contributed by atoms with E-state index in [1.165, 1.54) is 18.1 Å². The van der Waals surface area contributed by atoms with Gasteiger partial charge in [-0.1, -0.05) is 42.1 Å². The van der Waals surface area contributed by atoms with Gasteiger partial charge in [-0.2, -0.15) is 0 Å². The van der Waals surface area contributed by atoms with Gasteiger partial charge in [0.25, 0.3) is 5.91 Å². The van der Waals surface area contributed by atoms with Gasteiger partial charge < -0.3 is 16.0 Å². The summed E-state index contributed by atoms with van der Waals surface area (Å²) >= 11 is 1.49. The number of rotatable bonds is 5. The molecule has 1 aromatic carbocycles. The van der Waals surface area contributed by atoms with Crippen LogP contribution in [0.3, 0.4) is 0 Å². The van der Waals surface area contributed by atoms with Gasteiger partial charge >= 0.3 is 0 Å². The van der Waals surface area contributed by atoms with Crippen molar-refractivity contribution in [3.8, 4) is 0 Å². The molecule has 0 radical (unpaired) electrons. The summed E-state index contributed by atoms with van der Waals surface area (Å²) in [6.07, 6.45) is 3.14.